The number of benzene rings is 1. The fourth-order valence-electron chi connectivity index (χ4n) is 2.93. The highest BCUT2D eigenvalue weighted by molar-refractivity contribution is 7.89. The van der Waals surface area contributed by atoms with Crippen molar-refractivity contribution in [3.8, 4) is 0 Å². The topological polar surface area (TPSA) is 78.0 Å². The van der Waals surface area contributed by atoms with Gasteiger partial charge < -0.3 is 4.90 Å². The lowest BCUT2D eigenvalue weighted by Crippen LogP contribution is -2.48. The van der Waals surface area contributed by atoms with Gasteiger partial charge in [-0.3, -0.25) is 0 Å². The maximum Gasteiger partial charge on any atom is 0.243 e. The molecule has 1 aromatic rings. The van der Waals surface area contributed by atoms with E-state index < -0.39 is 20.0 Å². The molecular formula is C16H27N3O4S2. The van der Waals surface area contributed by atoms with Gasteiger partial charge in [-0.05, 0) is 30.8 Å². The summed E-state index contributed by atoms with van der Waals surface area (Å²) >= 11 is 0. The van der Waals surface area contributed by atoms with Crippen LogP contribution in [0.3, 0.4) is 0 Å². The molecule has 1 fully saturated rings. The Hall–Kier alpha value is -1.00. The fourth-order valence-corrected chi connectivity index (χ4v) is 5.81. The maximum absolute atomic E-state index is 12.7. The monoisotopic (exact) mass is 389 g/mol. The van der Waals surface area contributed by atoms with E-state index in [4.69, 9.17) is 0 Å². The van der Waals surface area contributed by atoms with Gasteiger partial charge in [-0.2, -0.15) is 8.61 Å². The summed E-state index contributed by atoms with van der Waals surface area (Å²) < 4.78 is 53.3. The van der Waals surface area contributed by atoms with Crippen molar-refractivity contribution in [3.05, 3.63) is 24.3 Å². The first kappa shape index (κ1) is 20.3. The van der Waals surface area contributed by atoms with Gasteiger partial charge in [0, 0.05) is 39.3 Å². The van der Waals surface area contributed by atoms with Crippen molar-refractivity contribution in [2.24, 2.45) is 0 Å². The van der Waals surface area contributed by atoms with Crippen LogP contribution in [0.15, 0.2) is 34.1 Å². The van der Waals surface area contributed by atoms with Crippen LogP contribution in [0.25, 0.3) is 0 Å². The van der Waals surface area contributed by atoms with Crippen molar-refractivity contribution >= 4 is 20.0 Å². The number of hydrogen-bond acceptors (Lipinski definition) is 5. The SMILES string of the molecule is CCN1CCN(S(=O)(=O)c2ccc(S(=O)(=O)N(CC)CC)cc2)CC1. The first-order valence-electron chi connectivity index (χ1n) is 8.60. The zero-order valence-corrected chi connectivity index (χ0v) is 16.7. The Balaban J connectivity index is 2.22. The molecule has 1 aromatic carbocycles. The molecule has 0 spiro atoms. The Morgan fingerprint density at radius 3 is 1.76 bits per heavy atom. The molecule has 1 aliphatic rings. The lowest BCUT2D eigenvalue weighted by Gasteiger charge is -2.33. The molecule has 0 amide bonds. The molecule has 142 valence electrons. The van der Waals surface area contributed by atoms with Crippen molar-refractivity contribution in [2.75, 3.05) is 45.8 Å². The molecular weight excluding hydrogens is 362 g/mol. The summed E-state index contributed by atoms with van der Waals surface area (Å²) in [5, 5.41) is 0. The van der Waals surface area contributed by atoms with Crippen molar-refractivity contribution in [3.63, 3.8) is 0 Å². The number of rotatable bonds is 7. The molecule has 0 N–H and O–H groups in total. The highest BCUT2D eigenvalue weighted by atomic mass is 32.2. The Morgan fingerprint density at radius 1 is 0.840 bits per heavy atom. The van der Waals surface area contributed by atoms with Crippen LogP contribution >= 0.6 is 0 Å². The quantitative estimate of drug-likeness (QED) is 0.696. The first-order chi connectivity index (χ1) is 11.8. The number of sulfonamides is 2. The molecule has 0 unspecified atom stereocenters. The van der Waals surface area contributed by atoms with Gasteiger partial charge in [-0.25, -0.2) is 16.8 Å². The van der Waals surface area contributed by atoms with Gasteiger partial charge in [0.05, 0.1) is 9.79 Å². The normalized spacial score (nSPS) is 17.9. The molecule has 0 aliphatic carbocycles. The molecule has 2 rings (SSSR count). The zero-order valence-electron chi connectivity index (χ0n) is 15.1. The zero-order chi connectivity index (χ0) is 18.7. The first-order valence-corrected chi connectivity index (χ1v) is 11.5. The summed E-state index contributed by atoms with van der Waals surface area (Å²) in [5.74, 6) is 0. The highest BCUT2D eigenvalue weighted by Gasteiger charge is 2.29. The smallest absolute Gasteiger partial charge is 0.243 e. The number of hydrogen-bond donors (Lipinski definition) is 0. The van der Waals surface area contributed by atoms with Crippen LogP contribution in [0.5, 0.6) is 0 Å². The van der Waals surface area contributed by atoms with E-state index >= 15 is 0 Å². The molecule has 0 radical (unpaired) electrons. The molecule has 1 aliphatic heterocycles. The minimum Gasteiger partial charge on any atom is -0.301 e. The summed E-state index contributed by atoms with van der Waals surface area (Å²) in [5.41, 5.74) is 0. The van der Waals surface area contributed by atoms with E-state index in [1.165, 1.54) is 32.9 Å². The Kier molecular flexibility index (Phi) is 6.61. The van der Waals surface area contributed by atoms with Crippen LogP contribution in [-0.4, -0.2) is 76.2 Å². The van der Waals surface area contributed by atoms with Crippen molar-refractivity contribution < 1.29 is 16.8 Å². The minimum atomic E-state index is -3.59. The Morgan fingerprint density at radius 2 is 1.32 bits per heavy atom. The van der Waals surface area contributed by atoms with Gasteiger partial charge in [0.1, 0.15) is 0 Å². The molecule has 0 bridgehead atoms. The third-order valence-electron chi connectivity index (χ3n) is 4.58. The van der Waals surface area contributed by atoms with Crippen LogP contribution in [0.1, 0.15) is 20.8 Å². The van der Waals surface area contributed by atoms with E-state index in [1.807, 2.05) is 0 Å². The molecule has 7 nitrogen and oxygen atoms in total. The second-order valence-electron chi connectivity index (χ2n) is 5.90. The summed E-state index contributed by atoms with van der Waals surface area (Å²) in [6.07, 6.45) is 0. The molecule has 0 atom stereocenters. The summed E-state index contributed by atoms with van der Waals surface area (Å²) in [6, 6.07) is 5.53. The second kappa shape index (κ2) is 8.13. The van der Waals surface area contributed by atoms with Gasteiger partial charge in [0.2, 0.25) is 20.0 Å². The van der Waals surface area contributed by atoms with E-state index in [-0.39, 0.29) is 9.79 Å². The van der Waals surface area contributed by atoms with Crippen molar-refractivity contribution in [1.82, 2.24) is 13.5 Å². The molecule has 0 saturated carbocycles. The average molecular weight is 390 g/mol. The summed E-state index contributed by atoms with van der Waals surface area (Å²) in [7, 11) is -7.17. The lowest BCUT2D eigenvalue weighted by molar-refractivity contribution is 0.196. The Labute approximate surface area is 151 Å². The second-order valence-corrected chi connectivity index (χ2v) is 9.77. The van der Waals surface area contributed by atoms with Gasteiger partial charge >= 0.3 is 0 Å². The van der Waals surface area contributed by atoms with Gasteiger partial charge in [-0.15, -0.1) is 0 Å². The van der Waals surface area contributed by atoms with Crippen molar-refractivity contribution in [2.45, 2.75) is 30.6 Å². The van der Waals surface area contributed by atoms with Crippen LogP contribution in [0, 0.1) is 0 Å². The maximum atomic E-state index is 12.7. The predicted octanol–water partition coefficient (Wildman–Crippen LogP) is 1.04. The largest absolute Gasteiger partial charge is 0.301 e. The van der Waals surface area contributed by atoms with Gasteiger partial charge in [0.25, 0.3) is 0 Å². The molecule has 25 heavy (non-hydrogen) atoms. The van der Waals surface area contributed by atoms with Crippen LogP contribution < -0.4 is 0 Å². The third-order valence-corrected chi connectivity index (χ3v) is 8.56. The molecule has 9 heteroatoms. The fraction of sp³-hybridized carbons (Fsp3) is 0.625. The van der Waals surface area contributed by atoms with Crippen LogP contribution in [0.4, 0.5) is 0 Å². The average Bonchev–Trinajstić information content (AvgIpc) is 2.62. The molecule has 1 saturated heterocycles. The minimum absolute atomic E-state index is 0.117. The van der Waals surface area contributed by atoms with Gasteiger partial charge in [0.15, 0.2) is 0 Å². The molecule has 0 aromatic heterocycles. The lowest BCUT2D eigenvalue weighted by atomic mass is 10.4. The highest BCUT2D eigenvalue weighted by Crippen LogP contribution is 2.21. The number of nitrogens with zero attached hydrogens (tertiary/aromatic N) is 3. The molecule has 1 heterocycles. The van der Waals surface area contributed by atoms with E-state index in [0.717, 1.165) is 6.54 Å². The number of piperazine rings is 1. The van der Waals surface area contributed by atoms with Crippen LogP contribution in [0.2, 0.25) is 0 Å². The standard InChI is InChI=1S/C16H27N3O4S2/c1-4-17-11-13-19(14-12-17)25(22,23)16-9-7-15(8-10-16)24(20,21)18(5-2)6-3/h7-10H,4-6,11-14H2,1-3H3. The number of likely N-dealkylation sites (N-methyl/N-ethyl adjacent to an activating group) is 1. The predicted molar refractivity (Wildman–Crippen MR) is 97.4 cm³/mol. The van der Waals surface area contributed by atoms with Gasteiger partial charge in [-0.1, -0.05) is 20.8 Å². The third kappa shape index (κ3) is 4.22. The van der Waals surface area contributed by atoms with Crippen molar-refractivity contribution in [1.29, 1.82) is 0 Å². The summed E-state index contributed by atoms with van der Waals surface area (Å²) in [6.45, 7) is 9.59. The van der Waals surface area contributed by atoms with E-state index in [2.05, 4.69) is 11.8 Å². The van der Waals surface area contributed by atoms with E-state index in [1.54, 1.807) is 13.8 Å². The van der Waals surface area contributed by atoms with Crippen LogP contribution in [-0.2, 0) is 20.0 Å². The van der Waals surface area contributed by atoms with E-state index in [0.29, 0.717) is 39.3 Å². The Bertz CT molecular complexity index is 764. The van der Waals surface area contributed by atoms with E-state index in [9.17, 15) is 16.8 Å². The summed E-state index contributed by atoms with van der Waals surface area (Å²) in [4.78, 5) is 2.45.